The van der Waals surface area contributed by atoms with Crippen LogP contribution in [0.5, 0.6) is 5.75 Å². The van der Waals surface area contributed by atoms with Gasteiger partial charge in [0.05, 0.1) is 11.3 Å². The first-order valence-electron chi connectivity index (χ1n) is 9.37. The molecule has 0 atom stereocenters. The van der Waals surface area contributed by atoms with Crippen molar-refractivity contribution in [2.75, 3.05) is 17.2 Å². The van der Waals surface area contributed by atoms with Gasteiger partial charge in [0, 0.05) is 10.2 Å². The van der Waals surface area contributed by atoms with E-state index in [9.17, 15) is 9.59 Å². The molecule has 0 spiro atoms. The van der Waals surface area contributed by atoms with E-state index in [4.69, 9.17) is 17.0 Å². The molecule has 3 N–H and O–H groups in total. The summed E-state index contributed by atoms with van der Waals surface area (Å²) in [6.07, 6.45) is 0. The number of halogens is 1. The number of rotatable bonds is 6. The minimum absolute atomic E-state index is 0.0705. The van der Waals surface area contributed by atoms with Gasteiger partial charge in [-0.05, 0) is 67.2 Å². The van der Waals surface area contributed by atoms with Gasteiger partial charge in [0.25, 0.3) is 11.8 Å². The van der Waals surface area contributed by atoms with Crippen LogP contribution in [0.1, 0.15) is 15.9 Å². The Balaban J connectivity index is 1.57. The number of anilines is 2. The highest BCUT2D eigenvalue weighted by molar-refractivity contribution is 9.10. The first-order valence-corrected chi connectivity index (χ1v) is 10.6. The number of amides is 2. The number of carbonyl (C=O) groups is 2. The second kappa shape index (κ2) is 10.7. The van der Waals surface area contributed by atoms with Crippen LogP contribution in [0.3, 0.4) is 0 Å². The lowest BCUT2D eigenvalue weighted by atomic mass is 10.1. The monoisotopic (exact) mass is 497 g/mol. The average Bonchev–Trinajstić information content (AvgIpc) is 2.74. The van der Waals surface area contributed by atoms with Crippen molar-refractivity contribution in [3.8, 4) is 5.75 Å². The van der Waals surface area contributed by atoms with E-state index < -0.39 is 5.91 Å². The highest BCUT2D eigenvalue weighted by Crippen LogP contribution is 2.22. The largest absolute Gasteiger partial charge is 0.483 e. The molecule has 8 heteroatoms. The van der Waals surface area contributed by atoms with E-state index in [0.29, 0.717) is 22.7 Å². The maximum atomic E-state index is 12.6. The maximum absolute atomic E-state index is 12.6. The first kappa shape index (κ1) is 22.5. The molecule has 0 fully saturated rings. The molecule has 158 valence electrons. The Morgan fingerprint density at radius 1 is 0.968 bits per heavy atom. The molecule has 0 bridgehead atoms. The van der Waals surface area contributed by atoms with E-state index in [1.807, 2.05) is 37.3 Å². The van der Waals surface area contributed by atoms with Gasteiger partial charge in [-0.15, -0.1) is 0 Å². The first-order chi connectivity index (χ1) is 14.9. The van der Waals surface area contributed by atoms with E-state index in [-0.39, 0.29) is 17.6 Å². The summed E-state index contributed by atoms with van der Waals surface area (Å²) in [4.78, 5) is 24.9. The second-order valence-electron chi connectivity index (χ2n) is 6.57. The molecule has 3 rings (SSSR count). The molecule has 0 saturated heterocycles. The van der Waals surface area contributed by atoms with Gasteiger partial charge in [-0.25, -0.2) is 0 Å². The Hall–Kier alpha value is -3.23. The van der Waals surface area contributed by atoms with Crippen molar-refractivity contribution in [2.45, 2.75) is 6.92 Å². The summed E-state index contributed by atoms with van der Waals surface area (Å²) in [5.41, 5.74) is 2.45. The minimum atomic E-state index is -0.411. The molecular formula is C23H20BrN3O3S. The van der Waals surface area contributed by atoms with Crippen molar-refractivity contribution in [1.82, 2.24) is 5.32 Å². The van der Waals surface area contributed by atoms with E-state index in [0.717, 1.165) is 10.0 Å². The number of carbonyl (C=O) groups excluding carboxylic acids is 2. The summed E-state index contributed by atoms with van der Waals surface area (Å²) in [5, 5.41) is 8.36. The van der Waals surface area contributed by atoms with Crippen molar-refractivity contribution in [2.24, 2.45) is 0 Å². The molecule has 0 heterocycles. The molecule has 0 aliphatic rings. The van der Waals surface area contributed by atoms with Crippen LogP contribution in [0, 0.1) is 6.92 Å². The summed E-state index contributed by atoms with van der Waals surface area (Å²) in [6, 6.07) is 21.6. The molecule has 0 saturated carbocycles. The third-order valence-corrected chi connectivity index (χ3v) is 4.90. The molecule has 0 unspecified atom stereocenters. The lowest BCUT2D eigenvalue weighted by Gasteiger charge is -2.14. The van der Waals surface area contributed by atoms with Gasteiger partial charge < -0.3 is 15.4 Å². The number of nitrogens with one attached hydrogen (secondary N) is 3. The Morgan fingerprint density at radius 3 is 2.42 bits per heavy atom. The van der Waals surface area contributed by atoms with Crippen LogP contribution in [0.25, 0.3) is 0 Å². The molecule has 3 aromatic rings. The van der Waals surface area contributed by atoms with Gasteiger partial charge in [0.2, 0.25) is 0 Å². The quantitative estimate of drug-likeness (QED) is 0.422. The topological polar surface area (TPSA) is 79.5 Å². The van der Waals surface area contributed by atoms with Gasteiger partial charge in [-0.1, -0.05) is 46.3 Å². The predicted molar refractivity (Wildman–Crippen MR) is 130 cm³/mol. The van der Waals surface area contributed by atoms with E-state index in [1.54, 1.807) is 42.5 Å². The zero-order valence-corrected chi connectivity index (χ0v) is 19.0. The van der Waals surface area contributed by atoms with E-state index in [1.165, 1.54) is 0 Å². The number of para-hydroxylation sites is 2. The number of benzene rings is 3. The molecular weight excluding hydrogens is 478 g/mol. The fourth-order valence-electron chi connectivity index (χ4n) is 2.74. The zero-order valence-electron chi connectivity index (χ0n) is 16.6. The summed E-state index contributed by atoms with van der Waals surface area (Å²) >= 11 is 8.61. The second-order valence-corrected chi connectivity index (χ2v) is 7.89. The number of ether oxygens (including phenoxy) is 1. The van der Waals surface area contributed by atoms with Crippen molar-refractivity contribution < 1.29 is 14.3 Å². The average molecular weight is 498 g/mol. The Morgan fingerprint density at radius 2 is 1.68 bits per heavy atom. The Labute approximate surface area is 194 Å². The number of thiocarbonyl (C=S) groups is 1. The molecule has 0 aliphatic heterocycles. The smallest absolute Gasteiger partial charge is 0.264 e. The lowest BCUT2D eigenvalue weighted by molar-refractivity contribution is -0.121. The van der Waals surface area contributed by atoms with Gasteiger partial charge in [0.1, 0.15) is 5.75 Å². The van der Waals surface area contributed by atoms with Gasteiger partial charge >= 0.3 is 0 Å². The Kier molecular flexibility index (Phi) is 7.75. The van der Waals surface area contributed by atoms with Gasteiger partial charge in [-0.3, -0.25) is 14.9 Å². The van der Waals surface area contributed by atoms with Crippen molar-refractivity contribution in [1.29, 1.82) is 0 Å². The molecule has 31 heavy (non-hydrogen) atoms. The van der Waals surface area contributed by atoms with Crippen molar-refractivity contribution in [3.05, 3.63) is 88.4 Å². The third-order valence-electron chi connectivity index (χ3n) is 4.20. The van der Waals surface area contributed by atoms with E-state index in [2.05, 4.69) is 31.9 Å². The lowest BCUT2D eigenvalue weighted by Crippen LogP contribution is -2.37. The summed E-state index contributed by atoms with van der Waals surface area (Å²) in [7, 11) is 0. The molecule has 3 aromatic carbocycles. The molecule has 6 nitrogen and oxygen atoms in total. The van der Waals surface area contributed by atoms with E-state index >= 15 is 0 Å². The predicted octanol–water partition coefficient (Wildman–Crippen LogP) is 4.90. The molecule has 0 aromatic heterocycles. The van der Waals surface area contributed by atoms with Crippen LogP contribution >= 0.6 is 28.1 Å². The van der Waals surface area contributed by atoms with Gasteiger partial charge in [0.15, 0.2) is 11.7 Å². The van der Waals surface area contributed by atoms with Crippen LogP contribution in [0.4, 0.5) is 11.4 Å². The SMILES string of the molecule is Cc1cc(Br)ccc1OCC(=O)NC(=S)Nc1ccccc1C(=O)Nc1ccccc1. The Bertz CT molecular complexity index is 1110. The maximum Gasteiger partial charge on any atom is 0.264 e. The summed E-state index contributed by atoms with van der Waals surface area (Å²) in [6.45, 7) is 1.70. The van der Waals surface area contributed by atoms with Gasteiger partial charge in [-0.2, -0.15) is 0 Å². The van der Waals surface area contributed by atoms with Crippen LogP contribution in [0.2, 0.25) is 0 Å². The van der Waals surface area contributed by atoms with Crippen LogP contribution in [-0.2, 0) is 4.79 Å². The minimum Gasteiger partial charge on any atom is -0.483 e. The highest BCUT2D eigenvalue weighted by atomic mass is 79.9. The van der Waals surface area contributed by atoms with Crippen LogP contribution in [-0.4, -0.2) is 23.5 Å². The zero-order chi connectivity index (χ0) is 22.2. The molecule has 0 aliphatic carbocycles. The fraction of sp³-hybridized carbons (Fsp3) is 0.0870. The van der Waals surface area contributed by atoms with Crippen molar-refractivity contribution >= 4 is 56.4 Å². The van der Waals surface area contributed by atoms with Crippen molar-refractivity contribution in [3.63, 3.8) is 0 Å². The van der Waals surface area contributed by atoms with Crippen LogP contribution in [0.15, 0.2) is 77.3 Å². The number of hydrogen-bond donors (Lipinski definition) is 3. The number of hydrogen-bond acceptors (Lipinski definition) is 4. The third kappa shape index (κ3) is 6.63. The fourth-order valence-corrected chi connectivity index (χ4v) is 3.44. The molecule has 0 radical (unpaired) electrons. The molecule has 2 amide bonds. The number of aryl methyl sites for hydroxylation is 1. The summed E-state index contributed by atoms with van der Waals surface area (Å²) < 4.78 is 6.48. The normalized spacial score (nSPS) is 10.1. The standard InChI is InChI=1S/C23H20BrN3O3S/c1-15-13-16(24)11-12-20(15)30-14-21(28)27-23(31)26-19-10-6-5-9-18(19)22(29)25-17-7-3-2-4-8-17/h2-13H,14H2,1H3,(H,25,29)(H2,26,27,28,31). The van der Waals surface area contributed by atoms with Crippen LogP contribution < -0.4 is 20.7 Å². The highest BCUT2D eigenvalue weighted by Gasteiger charge is 2.13. The summed E-state index contributed by atoms with van der Waals surface area (Å²) in [5.74, 6) is -0.0938.